The van der Waals surface area contributed by atoms with Crippen LogP contribution in [0.4, 0.5) is 4.39 Å². The second-order valence-electron chi connectivity index (χ2n) is 4.36. The molecule has 3 rings (SSSR count). The van der Waals surface area contributed by atoms with E-state index in [4.69, 9.17) is 0 Å². The van der Waals surface area contributed by atoms with Crippen molar-refractivity contribution < 1.29 is 4.39 Å². The van der Waals surface area contributed by atoms with Gasteiger partial charge in [0.15, 0.2) is 0 Å². The van der Waals surface area contributed by atoms with E-state index in [2.05, 4.69) is 17.2 Å². The summed E-state index contributed by atoms with van der Waals surface area (Å²) in [5.74, 6) is -0.156. The quantitative estimate of drug-likeness (QED) is 0.797. The molecule has 0 spiro atoms. The predicted molar refractivity (Wildman–Crippen MR) is 63.0 cm³/mol. The molecule has 16 heavy (non-hydrogen) atoms. The molecule has 1 aromatic carbocycles. The first-order valence-electron chi connectivity index (χ1n) is 5.83. The van der Waals surface area contributed by atoms with Gasteiger partial charge in [-0.3, -0.25) is 0 Å². The smallest absolute Gasteiger partial charge is 0.123 e. The fraction of sp³-hybridized carbons (Fsp3) is 0.385. The minimum atomic E-state index is -0.156. The van der Waals surface area contributed by atoms with Crippen molar-refractivity contribution in [2.24, 2.45) is 0 Å². The van der Waals surface area contributed by atoms with Crippen molar-refractivity contribution in [3.8, 4) is 0 Å². The molecule has 1 heterocycles. The highest BCUT2D eigenvalue weighted by Gasteiger charge is 2.26. The average molecular weight is 218 g/mol. The molecule has 84 valence electrons. The molecule has 1 atom stereocenters. The van der Waals surface area contributed by atoms with Gasteiger partial charge in [0.1, 0.15) is 5.82 Å². The van der Waals surface area contributed by atoms with Crippen molar-refractivity contribution in [1.82, 2.24) is 10.3 Å². The lowest BCUT2D eigenvalue weighted by Gasteiger charge is -2.11. The number of aryl methyl sites for hydroxylation is 1. The first-order chi connectivity index (χ1) is 7.79. The maximum Gasteiger partial charge on any atom is 0.123 e. The Balaban J connectivity index is 2.17. The molecule has 0 radical (unpaired) electrons. The highest BCUT2D eigenvalue weighted by Crippen LogP contribution is 2.37. The van der Waals surface area contributed by atoms with Crippen molar-refractivity contribution in [2.45, 2.75) is 25.8 Å². The predicted octanol–water partition coefficient (Wildman–Crippen LogP) is 2.90. The third-order valence-corrected chi connectivity index (χ3v) is 3.36. The molecule has 0 saturated heterocycles. The summed E-state index contributed by atoms with van der Waals surface area (Å²) in [6, 6.07) is 5.36. The highest BCUT2D eigenvalue weighted by molar-refractivity contribution is 5.85. The van der Waals surface area contributed by atoms with Crippen molar-refractivity contribution in [1.29, 1.82) is 0 Å². The summed E-state index contributed by atoms with van der Waals surface area (Å²) in [6.07, 6.45) is 2.17. The molecule has 1 unspecified atom stereocenters. The lowest BCUT2D eigenvalue weighted by Crippen LogP contribution is -2.18. The molecule has 0 amide bonds. The van der Waals surface area contributed by atoms with E-state index < -0.39 is 0 Å². The number of fused-ring (bicyclic) bond motifs is 3. The van der Waals surface area contributed by atoms with Crippen LogP contribution in [0.25, 0.3) is 10.9 Å². The van der Waals surface area contributed by atoms with Crippen molar-refractivity contribution >= 4 is 10.9 Å². The molecule has 0 bridgehead atoms. The van der Waals surface area contributed by atoms with E-state index in [0.29, 0.717) is 6.04 Å². The third kappa shape index (κ3) is 1.35. The Morgan fingerprint density at radius 1 is 1.50 bits per heavy atom. The molecule has 0 aliphatic heterocycles. The van der Waals surface area contributed by atoms with Gasteiger partial charge in [-0.05, 0) is 43.1 Å². The molecule has 0 saturated carbocycles. The van der Waals surface area contributed by atoms with Crippen LogP contribution in [0.15, 0.2) is 18.2 Å². The topological polar surface area (TPSA) is 27.8 Å². The molecule has 1 aliphatic carbocycles. The fourth-order valence-electron chi connectivity index (χ4n) is 2.72. The van der Waals surface area contributed by atoms with Crippen molar-refractivity contribution in [2.75, 3.05) is 6.54 Å². The highest BCUT2D eigenvalue weighted by atomic mass is 19.1. The van der Waals surface area contributed by atoms with Crippen LogP contribution >= 0.6 is 0 Å². The second kappa shape index (κ2) is 3.59. The van der Waals surface area contributed by atoms with Crippen LogP contribution in [0.1, 0.15) is 30.6 Å². The number of aromatic amines is 1. The van der Waals surface area contributed by atoms with Crippen LogP contribution in [0, 0.1) is 5.82 Å². The number of hydrogen-bond donors (Lipinski definition) is 2. The zero-order chi connectivity index (χ0) is 11.1. The maximum atomic E-state index is 13.3. The monoisotopic (exact) mass is 218 g/mol. The van der Waals surface area contributed by atoms with E-state index in [9.17, 15) is 4.39 Å². The van der Waals surface area contributed by atoms with Crippen molar-refractivity contribution in [3.63, 3.8) is 0 Å². The standard InChI is InChI=1S/C13H15FN2/c1-2-15-11-5-6-12-13(11)9-7-8(14)3-4-10(9)16-12/h3-4,7,11,15-16H,2,5-6H2,1H3. The first kappa shape index (κ1) is 9.85. The third-order valence-electron chi connectivity index (χ3n) is 3.36. The summed E-state index contributed by atoms with van der Waals surface area (Å²) >= 11 is 0. The largest absolute Gasteiger partial charge is 0.358 e. The van der Waals surface area contributed by atoms with Gasteiger partial charge in [-0.25, -0.2) is 4.39 Å². The molecular formula is C13H15FN2. The molecule has 0 fully saturated rings. The molecule has 2 nitrogen and oxygen atoms in total. The van der Waals surface area contributed by atoms with E-state index in [1.807, 2.05) is 6.07 Å². The Morgan fingerprint density at radius 3 is 3.19 bits per heavy atom. The van der Waals surface area contributed by atoms with Crippen molar-refractivity contribution in [3.05, 3.63) is 35.3 Å². The molecule has 3 heteroatoms. The second-order valence-corrected chi connectivity index (χ2v) is 4.36. The van der Waals surface area contributed by atoms with Crippen LogP contribution in [0.5, 0.6) is 0 Å². The van der Waals surface area contributed by atoms with Crippen LogP contribution in [0.2, 0.25) is 0 Å². The van der Waals surface area contributed by atoms with Gasteiger partial charge in [0, 0.05) is 22.6 Å². The van der Waals surface area contributed by atoms with Crippen LogP contribution in [-0.4, -0.2) is 11.5 Å². The summed E-state index contributed by atoms with van der Waals surface area (Å²) in [4.78, 5) is 3.38. The van der Waals surface area contributed by atoms with E-state index in [1.54, 1.807) is 6.07 Å². The minimum absolute atomic E-state index is 0.156. The number of rotatable bonds is 2. The summed E-state index contributed by atoms with van der Waals surface area (Å²) < 4.78 is 13.3. The summed E-state index contributed by atoms with van der Waals surface area (Å²) in [6.45, 7) is 3.06. The van der Waals surface area contributed by atoms with Gasteiger partial charge in [-0.1, -0.05) is 6.92 Å². The van der Waals surface area contributed by atoms with Crippen LogP contribution in [0.3, 0.4) is 0 Å². The van der Waals surface area contributed by atoms with Gasteiger partial charge in [0.05, 0.1) is 0 Å². The Morgan fingerprint density at radius 2 is 2.38 bits per heavy atom. The van der Waals surface area contributed by atoms with Gasteiger partial charge in [-0.15, -0.1) is 0 Å². The Bertz CT molecular complexity index is 530. The zero-order valence-electron chi connectivity index (χ0n) is 9.31. The molecular weight excluding hydrogens is 203 g/mol. The van der Waals surface area contributed by atoms with Gasteiger partial charge >= 0.3 is 0 Å². The van der Waals surface area contributed by atoms with Gasteiger partial charge in [-0.2, -0.15) is 0 Å². The molecule has 1 aliphatic rings. The number of halogens is 1. The molecule has 2 N–H and O–H groups in total. The number of hydrogen-bond acceptors (Lipinski definition) is 1. The Hall–Kier alpha value is -1.35. The average Bonchev–Trinajstić information content (AvgIpc) is 2.79. The van der Waals surface area contributed by atoms with E-state index >= 15 is 0 Å². The number of benzene rings is 1. The number of aromatic nitrogens is 1. The lowest BCUT2D eigenvalue weighted by molar-refractivity contribution is 0.551. The van der Waals surface area contributed by atoms with E-state index in [0.717, 1.165) is 30.3 Å². The molecule has 1 aromatic heterocycles. The van der Waals surface area contributed by atoms with Crippen LogP contribution in [-0.2, 0) is 6.42 Å². The Kier molecular flexibility index (Phi) is 2.21. The summed E-state index contributed by atoms with van der Waals surface area (Å²) in [5, 5.41) is 4.50. The minimum Gasteiger partial charge on any atom is -0.358 e. The SMILES string of the molecule is CCNC1CCc2[nH]c3ccc(F)cc3c21. The Labute approximate surface area is 93.9 Å². The number of H-pyrrole nitrogens is 1. The van der Waals surface area contributed by atoms with Gasteiger partial charge < -0.3 is 10.3 Å². The summed E-state index contributed by atoms with van der Waals surface area (Å²) in [7, 11) is 0. The van der Waals surface area contributed by atoms with E-state index in [-0.39, 0.29) is 5.82 Å². The zero-order valence-corrected chi connectivity index (χ0v) is 9.31. The van der Waals surface area contributed by atoms with Crippen LogP contribution < -0.4 is 5.32 Å². The summed E-state index contributed by atoms with van der Waals surface area (Å²) in [5.41, 5.74) is 3.59. The lowest BCUT2D eigenvalue weighted by atomic mass is 10.1. The van der Waals surface area contributed by atoms with E-state index in [1.165, 1.54) is 17.3 Å². The normalized spacial score (nSPS) is 19.2. The van der Waals surface area contributed by atoms with Gasteiger partial charge in [0.25, 0.3) is 0 Å². The molecule has 2 aromatic rings. The fourth-order valence-corrected chi connectivity index (χ4v) is 2.72. The maximum absolute atomic E-state index is 13.3. The van der Waals surface area contributed by atoms with Gasteiger partial charge in [0.2, 0.25) is 0 Å². The number of nitrogens with one attached hydrogen (secondary N) is 2. The first-order valence-corrected chi connectivity index (χ1v) is 5.83.